The number of ether oxygens (including phenoxy) is 1. The van der Waals surface area contributed by atoms with Gasteiger partial charge in [-0.1, -0.05) is 11.6 Å². The summed E-state index contributed by atoms with van der Waals surface area (Å²) in [5, 5.41) is 3.76. The summed E-state index contributed by atoms with van der Waals surface area (Å²) in [5.74, 6) is -0.213. The molecule has 24 heavy (non-hydrogen) atoms. The van der Waals surface area contributed by atoms with Gasteiger partial charge in [0.1, 0.15) is 0 Å². The molecule has 0 aromatic heterocycles. The van der Waals surface area contributed by atoms with Crippen molar-refractivity contribution in [2.75, 3.05) is 26.0 Å². The summed E-state index contributed by atoms with van der Waals surface area (Å²) in [7, 11) is 3.38. The lowest BCUT2D eigenvalue weighted by Crippen LogP contribution is -2.14. The molecule has 6 heteroatoms. The molecule has 2 rings (SSSR count). The number of aliphatic imine (C=N–C) groups is 1. The van der Waals surface area contributed by atoms with E-state index in [0.29, 0.717) is 10.7 Å². The molecule has 0 aliphatic rings. The number of nitrogens with zero attached hydrogens (tertiary/aromatic N) is 2. The molecule has 2 aromatic rings. The molecule has 0 saturated carbocycles. The van der Waals surface area contributed by atoms with E-state index in [1.165, 1.54) is 13.2 Å². The maximum Gasteiger partial charge on any atom is 0.165 e. The fourth-order valence-electron chi connectivity index (χ4n) is 2.04. The number of rotatable bonds is 6. The molecule has 0 spiro atoms. The molecule has 0 aliphatic carbocycles. The van der Waals surface area contributed by atoms with Gasteiger partial charge in [-0.15, -0.1) is 0 Å². The van der Waals surface area contributed by atoms with Crippen LogP contribution in [0.1, 0.15) is 12.5 Å². The minimum Gasteiger partial charge on any atom is -0.494 e. The Morgan fingerprint density at radius 3 is 2.75 bits per heavy atom. The summed E-state index contributed by atoms with van der Waals surface area (Å²) >= 11 is 6.32. The van der Waals surface area contributed by atoms with Gasteiger partial charge in [-0.2, -0.15) is 0 Å². The molecular weight excluding hydrogens is 329 g/mol. The van der Waals surface area contributed by atoms with Crippen molar-refractivity contribution in [2.45, 2.75) is 13.8 Å². The Balaban J connectivity index is 2.26. The van der Waals surface area contributed by atoms with Gasteiger partial charge in [-0.05, 0) is 43.7 Å². The molecule has 0 atom stereocenters. The molecule has 0 fully saturated rings. The normalized spacial score (nSPS) is 10.9. The number of nitrogens with one attached hydrogen (secondary N) is 1. The van der Waals surface area contributed by atoms with Gasteiger partial charge in [0, 0.05) is 31.0 Å². The minimum atomic E-state index is -0.400. The van der Waals surface area contributed by atoms with Crippen LogP contribution < -0.4 is 10.1 Å². The quantitative estimate of drug-likeness (QED) is 0.578. The first-order chi connectivity index (χ1) is 11.4. The first-order valence-electron chi connectivity index (χ1n) is 7.59. The average molecular weight is 350 g/mol. The summed E-state index contributed by atoms with van der Waals surface area (Å²) in [4.78, 5) is 6.36. The molecule has 0 saturated heterocycles. The van der Waals surface area contributed by atoms with Crippen LogP contribution in [-0.2, 0) is 0 Å². The van der Waals surface area contributed by atoms with E-state index in [4.69, 9.17) is 16.3 Å². The van der Waals surface area contributed by atoms with E-state index in [1.807, 2.05) is 37.9 Å². The number of benzene rings is 2. The van der Waals surface area contributed by atoms with Crippen molar-refractivity contribution in [1.82, 2.24) is 4.90 Å². The largest absolute Gasteiger partial charge is 0.494 e. The maximum absolute atomic E-state index is 13.5. The summed E-state index contributed by atoms with van der Waals surface area (Å²) in [6.45, 7) is 4.87. The van der Waals surface area contributed by atoms with Crippen molar-refractivity contribution >= 4 is 35.0 Å². The Morgan fingerprint density at radius 1 is 1.33 bits per heavy atom. The van der Waals surface area contributed by atoms with Crippen LogP contribution in [0.25, 0.3) is 0 Å². The zero-order valence-electron chi connectivity index (χ0n) is 14.2. The van der Waals surface area contributed by atoms with Gasteiger partial charge in [-0.3, -0.25) is 0 Å². The standard InChI is InChI=1S/C18H21ClFN3O/c1-5-23(3)11-21-17-8-12(2)16(10-14(17)19)22-13-6-7-15(20)18(9-13)24-4/h6-11,22H,5H2,1-4H3. The zero-order valence-corrected chi connectivity index (χ0v) is 15.0. The number of methoxy groups -OCH3 is 1. The first kappa shape index (κ1) is 18.1. The summed E-state index contributed by atoms with van der Waals surface area (Å²) in [6, 6.07) is 8.33. The molecule has 4 nitrogen and oxygen atoms in total. The molecule has 0 bridgehead atoms. The number of aryl methyl sites for hydroxylation is 1. The smallest absolute Gasteiger partial charge is 0.165 e. The number of hydrogen-bond acceptors (Lipinski definition) is 3. The summed E-state index contributed by atoms with van der Waals surface area (Å²) < 4.78 is 18.5. The SMILES string of the molecule is CCN(C)C=Nc1cc(C)c(Nc2ccc(F)c(OC)c2)cc1Cl. The van der Waals surface area contributed by atoms with Gasteiger partial charge in [0.05, 0.1) is 24.2 Å². The van der Waals surface area contributed by atoms with Gasteiger partial charge in [-0.25, -0.2) is 9.38 Å². The molecule has 128 valence electrons. The van der Waals surface area contributed by atoms with E-state index in [2.05, 4.69) is 10.3 Å². The van der Waals surface area contributed by atoms with Crippen LogP contribution in [0.15, 0.2) is 35.3 Å². The molecule has 1 N–H and O–H groups in total. The van der Waals surface area contributed by atoms with Crippen LogP contribution in [0.4, 0.5) is 21.5 Å². The minimum absolute atomic E-state index is 0.188. The Labute approximate surface area is 146 Å². The Morgan fingerprint density at radius 2 is 2.08 bits per heavy atom. The van der Waals surface area contributed by atoms with Crippen LogP contribution >= 0.6 is 11.6 Å². The van der Waals surface area contributed by atoms with Crippen LogP contribution in [-0.4, -0.2) is 31.9 Å². The van der Waals surface area contributed by atoms with Gasteiger partial charge in [0.15, 0.2) is 11.6 Å². The predicted molar refractivity (Wildman–Crippen MR) is 98.9 cm³/mol. The van der Waals surface area contributed by atoms with E-state index in [9.17, 15) is 4.39 Å². The second-order valence-electron chi connectivity index (χ2n) is 5.41. The van der Waals surface area contributed by atoms with Gasteiger partial charge < -0.3 is 15.0 Å². The molecule has 0 radical (unpaired) electrons. The Kier molecular flexibility index (Phi) is 6.04. The molecule has 0 aliphatic heterocycles. The Bertz CT molecular complexity index is 749. The fourth-order valence-corrected chi connectivity index (χ4v) is 2.25. The summed E-state index contributed by atoms with van der Waals surface area (Å²) in [6.07, 6.45) is 1.75. The van der Waals surface area contributed by atoms with Gasteiger partial charge >= 0.3 is 0 Å². The third kappa shape index (κ3) is 4.38. The lowest BCUT2D eigenvalue weighted by Gasteiger charge is -2.13. The number of anilines is 2. The second-order valence-corrected chi connectivity index (χ2v) is 5.82. The third-order valence-corrected chi connectivity index (χ3v) is 3.92. The number of halogens is 2. The highest BCUT2D eigenvalue weighted by Gasteiger charge is 2.08. The van der Waals surface area contributed by atoms with E-state index in [-0.39, 0.29) is 5.75 Å². The first-order valence-corrected chi connectivity index (χ1v) is 7.97. The van der Waals surface area contributed by atoms with E-state index in [1.54, 1.807) is 18.5 Å². The maximum atomic E-state index is 13.5. The van der Waals surface area contributed by atoms with Gasteiger partial charge in [0.2, 0.25) is 0 Å². The van der Waals surface area contributed by atoms with Crippen LogP contribution in [0.5, 0.6) is 5.75 Å². The van der Waals surface area contributed by atoms with Crippen molar-refractivity contribution in [3.05, 3.63) is 46.7 Å². The zero-order chi connectivity index (χ0) is 17.7. The highest BCUT2D eigenvalue weighted by molar-refractivity contribution is 6.33. The monoisotopic (exact) mass is 349 g/mol. The van der Waals surface area contributed by atoms with Gasteiger partial charge in [0.25, 0.3) is 0 Å². The third-order valence-electron chi connectivity index (χ3n) is 3.62. The van der Waals surface area contributed by atoms with Crippen molar-refractivity contribution in [1.29, 1.82) is 0 Å². The lowest BCUT2D eigenvalue weighted by molar-refractivity contribution is 0.387. The molecule has 0 amide bonds. The highest BCUT2D eigenvalue weighted by Crippen LogP contribution is 2.33. The second kappa shape index (κ2) is 8.02. The molecule has 0 heterocycles. The van der Waals surface area contributed by atoms with Crippen LogP contribution in [0.3, 0.4) is 0 Å². The average Bonchev–Trinajstić information content (AvgIpc) is 2.57. The lowest BCUT2D eigenvalue weighted by atomic mass is 10.1. The van der Waals surface area contributed by atoms with Crippen molar-refractivity contribution in [3.8, 4) is 5.75 Å². The molecular formula is C18H21ClFN3O. The molecule has 0 unspecified atom stereocenters. The fraction of sp³-hybridized carbons (Fsp3) is 0.278. The Hall–Kier alpha value is -2.27. The van der Waals surface area contributed by atoms with E-state index in [0.717, 1.165) is 23.5 Å². The summed E-state index contributed by atoms with van der Waals surface area (Å²) in [5.41, 5.74) is 3.23. The van der Waals surface area contributed by atoms with Crippen molar-refractivity contribution < 1.29 is 9.13 Å². The van der Waals surface area contributed by atoms with Crippen LogP contribution in [0.2, 0.25) is 5.02 Å². The topological polar surface area (TPSA) is 36.9 Å². The van der Waals surface area contributed by atoms with E-state index >= 15 is 0 Å². The predicted octanol–water partition coefficient (Wildman–Crippen LogP) is 5.15. The number of hydrogen-bond donors (Lipinski definition) is 1. The van der Waals surface area contributed by atoms with Crippen molar-refractivity contribution in [3.63, 3.8) is 0 Å². The van der Waals surface area contributed by atoms with Crippen molar-refractivity contribution in [2.24, 2.45) is 4.99 Å². The molecule has 2 aromatic carbocycles. The van der Waals surface area contributed by atoms with Crippen LogP contribution in [0, 0.1) is 12.7 Å². The van der Waals surface area contributed by atoms with E-state index < -0.39 is 5.82 Å². The highest BCUT2D eigenvalue weighted by atomic mass is 35.5.